The van der Waals surface area contributed by atoms with Crippen LogP contribution >= 0.6 is 11.6 Å². The Balaban J connectivity index is 1.44. The Morgan fingerprint density at radius 2 is 1.75 bits per heavy atom. The predicted molar refractivity (Wildman–Crippen MR) is 195 cm³/mol. The second kappa shape index (κ2) is 18.5. The molecule has 2 aromatic carbocycles. The molecule has 15 heteroatoms. The number of ether oxygens (including phenoxy) is 1. The van der Waals surface area contributed by atoms with E-state index in [1.54, 1.807) is 35.1 Å². The van der Waals surface area contributed by atoms with Crippen LogP contribution in [0.25, 0.3) is 0 Å². The van der Waals surface area contributed by atoms with Crippen molar-refractivity contribution in [3.63, 3.8) is 0 Å². The van der Waals surface area contributed by atoms with Crippen LogP contribution < -0.4 is 15.4 Å². The number of aliphatic hydroxyl groups excluding tert-OH is 1. The fourth-order valence-corrected chi connectivity index (χ4v) is 6.91. The minimum atomic E-state index is -1.09. The molecule has 0 aliphatic carbocycles. The Labute approximate surface area is 314 Å². The van der Waals surface area contributed by atoms with E-state index in [-0.39, 0.29) is 55.6 Å². The van der Waals surface area contributed by atoms with Crippen LogP contribution in [0.1, 0.15) is 80.4 Å². The van der Waals surface area contributed by atoms with Crippen LogP contribution in [0.5, 0.6) is 5.75 Å². The Morgan fingerprint density at radius 3 is 2.51 bits per heavy atom. The third-order valence-electron chi connectivity index (χ3n) is 9.63. The van der Waals surface area contributed by atoms with E-state index in [0.717, 1.165) is 49.8 Å². The third kappa shape index (κ3) is 10.8. The number of hydrogen-bond donors (Lipinski definition) is 3. The van der Waals surface area contributed by atoms with Crippen molar-refractivity contribution in [2.45, 2.75) is 103 Å². The summed E-state index contributed by atoms with van der Waals surface area (Å²) in [6.07, 6.45) is 5.53. The molecule has 13 nitrogen and oxygen atoms in total. The van der Waals surface area contributed by atoms with E-state index in [1.807, 2.05) is 13.8 Å². The van der Waals surface area contributed by atoms with E-state index in [0.29, 0.717) is 23.8 Å². The molecule has 0 unspecified atom stereocenters. The molecule has 2 aliphatic heterocycles. The zero-order valence-electron chi connectivity index (χ0n) is 30.5. The van der Waals surface area contributed by atoms with E-state index in [1.165, 1.54) is 22.9 Å². The van der Waals surface area contributed by atoms with Gasteiger partial charge in [0.2, 0.25) is 17.7 Å². The molecule has 0 radical (unpaired) electrons. The van der Waals surface area contributed by atoms with Crippen molar-refractivity contribution in [1.82, 2.24) is 35.4 Å². The maximum absolute atomic E-state index is 14.4. The second-order valence-electron chi connectivity index (χ2n) is 14.3. The van der Waals surface area contributed by atoms with Crippen molar-refractivity contribution in [3.05, 3.63) is 76.3 Å². The third-order valence-corrected chi connectivity index (χ3v) is 9.88. The molecule has 2 bridgehead atoms. The van der Waals surface area contributed by atoms with Gasteiger partial charge in [-0.15, -0.1) is 5.10 Å². The highest BCUT2D eigenvalue weighted by molar-refractivity contribution is 6.30. The Morgan fingerprint density at radius 1 is 1.02 bits per heavy atom. The summed E-state index contributed by atoms with van der Waals surface area (Å²) in [6, 6.07) is 7.47. The zero-order chi connectivity index (χ0) is 38.1. The standard InChI is InChI=1S/C38H49ClFN7O6/c1-24(2)17-31-37(51)47-22-29(48)20-33(47)38(52)45(3)32(18-25-9-11-26(39)12-10-25)36(50)41-15-7-5-4-6-8-16-46-21-28(43-44-46)23-53-34-19-27(40)13-14-30(34)35(49)42-31/h9-14,19,21,24,29,31-33,48H,4-8,15-18,20,22-23H2,1-3H3,(H,41,50)(H,42,49)/t29-,31+,32-,33+/m0/s1. The lowest BCUT2D eigenvalue weighted by molar-refractivity contribution is -0.147. The summed E-state index contributed by atoms with van der Waals surface area (Å²) in [4.78, 5) is 58.7. The first kappa shape index (κ1) is 39.6. The molecular weight excluding hydrogens is 705 g/mol. The molecule has 1 aromatic heterocycles. The summed E-state index contributed by atoms with van der Waals surface area (Å²) in [7, 11) is 1.53. The fraction of sp³-hybridized carbons (Fsp3) is 0.526. The van der Waals surface area contributed by atoms with Gasteiger partial charge in [0, 0.05) is 50.6 Å². The number of halogens is 2. The number of rotatable bonds is 4. The number of nitrogens with one attached hydrogen (secondary N) is 2. The van der Waals surface area contributed by atoms with E-state index in [4.69, 9.17) is 16.3 Å². The molecule has 3 aromatic rings. The number of fused-ring (bicyclic) bond motifs is 4. The van der Waals surface area contributed by atoms with Crippen LogP contribution in [-0.4, -0.2) is 97.9 Å². The van der Waals surface area contributed by atoms with E-state index >= 15 is 0 Å². The van der Waals surface area contributed by atoms with E-state index < -0.39 is 47.8 Å². The first-order chi connectivity index (χ1) is 25.4. The van der Waals surface area contributed by atoms with Gasteiger partial charge in [-0.2, -0.15) is 0 Å². The lowest BCUT2D eigenvalue weighted by Gasteiger charge is -2.34. The van der Waals surface area contributed by atoms with Crippen molar-refractivity contribution >= 4 is 35.2 Å². The number of carbonyl (C=O) groups excluding carboxylic acids is 4. The average Bonchev–Trinajstić information content (AvgIpc) is 3.75. The largest absolute Gasteiger partial charge is 0.486 e. The molecule has 3 N–H and O–H groups in total. The van der Waals surface area contributed by atoms with Crippen molar-refractivity contribution in [3.8, 4) is 5.75 Å². The highest BCUT2D eigenvalue weighted by Crippen LogP contribution is 2.26. The number of likely N-dealkylation sites (N-methyl/N-ethyl adjacent to an activating group) is 1. The summed E-state index contributed by atoms with van der Waals surface area (Å²) in [5, 5.41) is 25.4. The van der Waals surface area contributed by atoms with Gasteiger partial charge in [0.05, 0.1) is 17.9 Å². The Kier molecular flexibility index (Phi) is 13.8. The maximum atomic E-state index is 14.4. The zero-order valence-corrected chi connectivity index (χ0v) is 31.2. The number of nitrogens with zero attached hydrogens (tertiary/aromatic N) is 5. The van der Waals surface area contributed by atoms with Crippen molar-refractivity contribution < 1.29 is 33.4 Å². The number of aliphatic hydroxyl groups is 1. The first-order valence-electron chi connectivity index (χ1n) is 18.3. The highest BCUT2D eigenvalue weighted by Gasteiger charge is 2.44. The SMILES string of the molecule is CC(C)C[C@H]1NC(=O)c2ccc(F)cc2OCc2cn(nn2)CCCCCCCNC(=O)[C@H](Cc2ccc(Cl)cc2)N(C)C(=O)[C@H]2C[C@H](O)CN2C1=O. The molecule has 4 atom stereocenters. The second-order valence-corrected chi connectivity index (χ2v) is 14.7. The number of benzene rings is 2. The van der Waals surface area contributed by atoms with Crippen LogP contribution in [0, 0.1) is 11.7 Å². The maximum Gasteiger partial charge on any atom is 0.255 e. The van der Waals surface area contributed by atoms with Crippen molar-refractivity contribution in [2.75, 3.05) is 20.1 Å². The van der Waals surface area contributed by atoms with Gasteiger partial charge in [0.15, 0.2) is 0 Å². The number of aryl methyl sites for hydroxylation is 1. The Bertz CT molecular complexity index is 1740. The molecule has 0 saturated carbocycles. The number of carbonyl (C=O) groups is 4. The number of aromatic nitrogens is 3. The molecule has 1 fully saturated rings. The summed E-state index contributed by atoms with van der Waals surface area (Å²) >= 11 is 6.11. The minimum absolute atomic E-state index is 0.00994. The van der Waals surface area contributed by atoms with Gasteiger partial charge in [0.25, 0.3) is 5.91 Å². The highest BCUT2D eigenvalue weighted by atomic mass is 35.5. The van der Waals surface area contributed by atoms with Gasteiger partial charge >= 0.3 is 0 Å². The van der Waals surface area contributed by atoms with Crippen molar-refractivity contribution in [2.24, 2.45) is 5.92 Å². The minimum Gasteiger partial charge on any atom is -0.486 e. The van der Waals surface area contributed by atoms with Crippen LogP contribution in [0.2, 0.25) is 5.02 Å². The van der Waals surface area contributed by atoms with Gasteiger partial charge < -0.3 is 30.3 Å². The van der Waals surface area contributed by atoms with E-state index in [9.17, 15) is 28.7 Å². The van der Waals surface area contributed by atoms with E-state index in [2.05, 4.69) is 20.9 Å². The quantitative estimate of drug-likeness (QED) is 0.362. The monoisotopic (exact) mass is 753 g/mol. The average molecular weight is 754 g/mol. The summed E-state index contributed by atoms with van der Waals surface area (Å²) < 4.78 is 22.0. The van der Waals surface area contributed by atoms with Gasteiger partial charge in [-0.3, -0.25) is 23.9 Å². The smallest absolute Gasteiger partial charge is 0.255 e. The number of amides is 4. The molecule has 3 heterocycles. The van der Waals surface area contributed by atoms with Gasteiger partial charge in [0.1, 0.15) is 42.0 Å². The summed E-state index contributed by atoms with van der Waals surface area (Å²) in [5.41, 5.74) is 1.30. The number of hydrogen-bond acceptors (Lipinski definition) is 8. The normalized spacial score (nSPS) is 23.0. The predicted octanol–water partition coefficient (Wildman–Crippen LogP) is 3.91. The molecule has 286 valence electrons. The topological polar surface area (TPSA) is 159 Å². The molecule has 2 aliphatic rings. The molecule has 53 heavy (non-hydrogen) atoms. The van der Waals surface area contributed by atoms with Crippen LogP contribution in [0.4, 0.5) is 4.39 Å². The summed E-state index contributed by atoms with van der Waals surface area (Å²) in [5.74, 6) is -2.76. The first-order valence-corrected chi connectivity index (χ1v) is 18.7. The van der Waals surface area contributed by atoms with Gasteiger partial charge in [-0.25, -0.2) is 4.39 Å². The molecule has 1 saturated heterocycles. The Hall–Kier alpha value is -4.56. The summed E-state index contributed by atoms with van der Waals surface area (Å²) in [6.45, 7) is 4.66. The molecule has 5 rings (SSSR count). The fourth-order valence-electron chi connectivity index (χ4n) is 6.79. The lowest BCUT2D eigenvalue weighted by Crippen LogP contribution is -2.57. The van der Waals surface area contributed by atoms with Crippen LogP contribution in [0.3, 0.4) is 0 Å². The molecular formula is C38H49ClFN7O6. The van der Waals surface area contributed by atoms with Crippen LogP contribution in [-0.2, 0) is 34.0 Å². The lowest BCUT2D eigenvalue weighted by atomic mass is 10.0. The molecule has 4 amide bonds. The molecule has 0 spiro atoms. The van der Waals surface area contributed by atoms with Gasteiger partial charge in [-0.1, -0.05) is 62.1 Å². The van der Waals surface area contributed by atoms with Crippen molar-refractivity contribution in [1.29, 1.82) is 0 Å². The van der Waals surface area contributed by atoms with Crippen LogP contribution in [0.15, 0.2) is 48.7 Å². The van der Waals surface area contributed by atoms with Gasteiger partial charge in [-0.05, 0) is 55.0 Å².